The number of hydrogen-bond acceptors (Lipinski definition) is 3. The number of benzene rings is 1. The van der Waals surface area contributed by atoms with Crippen molar-refractivity contribution in [2.24, 2.45) is 0 Å². The van der Waals surface area contributed by atoms with Crippen molar-refractivity contribution in [1.29, 1.82) is 0 Å². The van der Waals surface area contributed by atoms with Gasteiger partial charge in [-0.25, -0.2) is 0 Å². The maximum Gasteiger partial charge on any atom is 0.0575 e. The van der Waals surface area contributed by atoms with Gasteiger partial charge in [0.15, 0.2) is 0 Å². The second kappa shape index (κ2) is 6.17. The Kier molecular flexibility index (Phi) is 5.17. The third-order valence-corrected chi connectivity index (χ3v) is 3.03. The van der Waals surface area contributed by atoms with E-state index in [4.69, 9.17) is 5.73 Å². The van der Waals surface area contributed by atoms with Crippen LogP contribution >= 0.6 is 22.6 Å². The Morgan fingerprint density at radius 1 is 1.47 bits per heavy atom. The summed E-state index contributed by atoms with van der Waals surface area (Å²) >= 11 is 2.26. The number of nitrogen functional groups attached to an aromatic ring is 1. The smallest absolute Gasteiger partial charge is 0.0575 e. The Bertz CT molecular complexity index is 315. The van der Waals surface area contributed by atoms with Crippen molar-refractivity contribution >= 4 is 34.0 Å². The summed E-state index contributed by atoms with van der Waals surface area (Å²) in [5, 5.41) is 3.34. The Morgan fingerprint density at radius 2 is 2.20 bits per heavy atom. The molecule has 0 saturated heterocycles. The molecule has 0 atom stereocenters. The summed E-state index contributed by atoms with van der Waals surface area (Å²) in [7, 11) is 2.11. The van der Waals surface area contributed by atoms with E-state index in [2.05, 4.69) is 52.8 Å². The minimum absolute atomic E-state index is 0.820. The topological polar surface area (TPSA) is 41.3 Å². The van der Waals surface area contributed by atoms with Gasteiger partial charge >= 0.3 is 0 Å². The molecule has 0 spiro atoms. The number of anilines is 2. The van der Waals surface area contributed by atoms with Crippen LogP contribution in [0.3, 0.4) is 0 Å². The third-order valence-electron chi connectivity index (χ3n) is 2.36. The van der Waals surface area contributed by atoms with Gasteiger partial charge in [0, 0.05) is 16.7 Å². The average molecular weight is 319 g/mol. The maximum absolute atomic E-state index is 5.89. The van der Waals surface area contributed by atoms with Crippen molar-refractivity contribution in [2.75, 3.05) is 37.7 Å². The zero-order valence-corrected chi connectivity index (χ0v) is 11.4. The Balaban J connectivity index is 2.44. The van der Waals surface area contributed by atoms with Crippen LogP contribution in [0.1, 0.15) is 6.92 Å². The van der Waals surface area contributed by atoms with Crippen molar-refractivity contribution in [1.82, 2.24) is 4.90 Å². The number of halogens is 1. The van der Waals surface area contributed by atoms with Crippen molar-refractivity contribution in [3.63, 3.8) is 0 Å². The first-order valence-electron chi connectivity index (χ1n) is 5.11. The quantitative estimate of drug-likeness (QED) is 0.646. The van der Waals surface area contributed by atoms with Gasteiger partial charge in [0.25, 0.3) is 0 Å². The van der Waals surface area contributed by atoms with Gasteiger partial charge in [-0.2, -0.15) is 0 Å². The first-order valence-corrected chi connectivity index (χ1v) is 6.18. The zero-order chi connectivity index (χ0) is 11.3. The second-order valence-corrected chi connectivity index (χ2v) is 4.80. The SMILES string of the molecule is CCN(C)CCNc1ccc(I)cc1N. The zero-order valence-electron chi connectivity index (χ0n) is 9.26. The molecule has 3 nitrogen and oxygen atoms in total. The molecule has 0 saturated carbocycles. The first-order chi connectivity index (χ1) is 7.13. The Morgan fingerprint density at radius 3 is 2.80 bits per heavy atom. The summed E-state index contributed by atoms with van der Waals surface area (Å²) in [6.45, 7) is 5.18. The standard InChI is InChI=1S/C11H18IN3/c1-3-15(2)7-6-14-11-5-4-9(12)8-10(11)13/h4-5,8,14H,3,6-7,13H2,1-2H3. The van der Waals surface area contributed by atoms with Crippen LogP contribution in [-0.2, 0) is 0 Å². The molecule has 1 aromatic rings. The molecule has 0 amide bonds. The van der Waals surface area contributed by atoms with Gasteiger partial charge in [0.2, 0.25) is 0 Å². The van der Waals surface area contributed by atoms with Crippen LogP contribution in [0.5, 0.6) is 0 Å². The summed E-state index contributed by atoms with van der Waals surface area (Å²) in [4.78, 5) is 2.26. The Hall–Kier alpha value is -0.490. The fraction of sp³-hybridized carbons (Fsp3) is 0.455. The largest absolute Gasteiger partial charge is 0.397 e. The lowest BCUT2D eigenvalue weighted by atomic mass is 10.2. The predicted octanol–water partition coefficient (Wildman–Crippen LogP) is 2.24. The molecule has 0 aliphatic heterocycles. The Labute approximate surface area is 105 Å². The number of nitrogens with zero attached hydrogens (tertiary/aromatic N) is 1. The van der Waals surface area contributed by atoms with E-state index in [0.717, 1.165) is 31.0 Å². The molecule has 4 heteroatoms. The number of nitrogens with one attached hydrogen (secondary N) is 1. The average Bonchev–Trinajstić information content (AvgIpc) is 2.21. The summed E-state index contributed by atoms with van der Waals surface area (Å²) in [6.07, 6.45) is 0. The minimum Gasteiger partial charge on any atom is -0.397 e. The molecule has 15 heavy (non-hydrogen) atoms. The van der Waals surface area contributed by atoms with Crippen LogP contribution in [-0.4, -0.2) is 31.6 Å². The molecule has 0 unspecified atom stereocenters. The highest BCUT2D eigenvalue weighted by Gasteiger charge is 1.99. The number of rotatable bonds is 5. The molecule has 1 rings (SSSR count). The molecule has 0 aromatic heterocycles. The van der Waals surface area contributed by atoms with Crippen molar-refractivity contribution in [2.45, 2.75) is 6.92 Å². The van der Waals surface area contributed by atoms with Crippen LogP contribution in [0.2, 0.25) is 0 Å². The molecule has 0 aliphatic carbocycles. The number of nitrogens with two attached hydrogens (primary N) is 1. The van der Waals surface area contributed by atoms with E-state index >= 15 is 0 Å². The second-order valence-electron chi connectivity index (χ2n) is 3.55. The highest BCUT2D eigenvalue weighted by atomic mass is 127. The summed E-state index contributed by atoms with van der Waals surface area (Å²) in [5.41, 5.74) is 7.74. The molecule has 3 N–H and O–H groups in total. The van der Waals surface area contributed by atoms with E-state index in [-0.39, 0.29) is 0 Å². The molecule has 1 aromatic carbocycles. The first kappa shape index (κ1) is 12.6. The molecule has 0 fully saturated rings. The normalized spacial score (nSPS) is 10.7. The highest BCUT2D eigenvalue weighted by molar-refractivity contribution is 14.1. The van der Waals surface area contributed by atoms with Crippen LogP contribution < -0.4 is 11.1 Å². The van der Waals surface area contributed by atoms with Crippen molar-refractivity contribution in [3.8, 4) is 0 Å². The molecule has 84 valence electrons. The molecule has 0 heterocycles. The minimum atomic E-state index is 0.820. The molecule has 0 aliphatic rings. The molecule has 0 radical (unpaired) electrons. The fourth-order valence-corrected chi connectivity index (χ4v) is 1.75. The summed E-state index contributed by atoms with van der Waals surface area (Å²) in [5.74, 6) is 0. The molecular weight excluding hydrogens is 301 g/mol. The van der Waals surface area contributed by atoms with Gasteiger partial charge in [-0.15, -0.1) is 0 Å². The van der Waals surface area contributed by atoms with Crippen molar-refractivity contribution in [3.05, 3.63) is 21.8 Å². The van der Waals surface area contributed by atoms with E-state index in [0.29, 0.717) is 0 Å². The van der Waals surface area contributed by atoms with E-state index in [1.54, 1.807) is 0 Å². The van der Waals surface area contributed by atoms with E-state index in [1.807, 2.05) is 12.1 Å². The predicted molar refractivity (Wildman–Crippen MR) is 75.2 cm³/mol. The van der Waals surface area contributed by atoms with Gasteiger partial charge in [-0.1, -0.05) is 6.92 Å². The van der Waals surface area contributed by atoms with E-state index in [9.17, 15) is 0 Å². The summed E-state index contributed by atoms with van der Waals surface area (Å²) in [6, 6.07) is 6.07. The van der Waals surface area contributed by atoms with Gasteiger partial charge in [0.05, 0.1) is 11.4 Å². The highest BCUT2D eigenvalue weighted by Crippen LogP contribution is 2.20. The number of hydrogen-bond donors (Lipinski definition) is 2. The van der Waals surface area contributed by atoms with Gasteiger partial charge in [-0.05, 0) is 54.4 Å². The van der Waals surface area contributed by atoms with E-state index < -0.39 is 0 Å². The number of likely N-dealkylation sites (N-methyl/N-ethyl adjacent to an activating group) is 1. The van der Waals surface area contributed by atoms with Crippen LogP contribution in [0.4, 0.5) is 11.4 Å². The molecule has 0 bridgehead atoms. The van der Waals surface area contributed by atoms with Crippen molar-refractivity contribution < 1.29 is 0 Å². The van der Waals surface area contributed by atoms with Gasteiger partial charge < -0.3 is 16.0 Å². The monoisotopic (exact) mass is 319 g/mol. The van der Waals surface area contributed by atoms with E-state index in [1.165, 1.54) is 3.57 Å². The molecular formula is C11H18IN3. The lowest BCUT2D eigenvalue weighted by molar-refractivity contribution is 0.367. The fourth-order valence-electron chi connectivity index (χ4n) is 1.23. The maximum atomic E-state index is 5.89. The van der Waals surface area contributed by atoms with Crippen LogP contribution in [0, 0.1) is 3.57 Å². The van der Waals surface area contributed by atoms with Crippen LogP contribution in [0.15, 0.2) is 18.2 Å². The van der Waals surface area contributed by atoms with Gasteiger partial charge in [0.1, 0.15) is 0 Å². The third kappa shape index (κ3) is 4.25. The summed E-state index contributed by atoms with van der Waals surface area (Å²) < 4.78 is 1.17. The van der Waals surface area contributed by atoms with Crippen LogP contribution in [0.25, 0.3) is 0 Å². The lowest BCUT2D eigenvalue weighted by Gasteiger charge is -2.15. The van der Waals surface area contributed by atoms with Gasteiger partial charge in [-0.3, -0.25) is 0 Å². The lowest BCUT2D eigenvalue weighted by Crippen LogP contribution is -2.24.